The molecule has 0 aromatic carbocycles. The normalized spacial score (nSPS) is 23.0. The molecule has 0 N–H and O–H groups in total. The minimum Gasteiger partial charge on any atom is -0.264 e. The zero-order chi connectivity index (χ0) is 15.3. The van der Waals surface area contributed by atoms with Gasteiger partial charge in [-0.25, -0.2) is 12.4 Å². The summed E-state index contributed by atoms with van der Waals surface area (Å²) in [6, 6.07) is 3.38. The molecule has 2 aromatic rings. The summed E-state index contributed by atoms with van der Waals surface area (Å²) >= 11 is 12.1. The Kier molecular flexibility index (Phi) is 3.39. The number of aromatic nitrogens is 2. The third kappa shape index (κ3) is 2.11. The van der Waals surface area contributed by atoms with Crippen molar-refractivity contribution in [1.82, 2.24) is 8.96 Å². The molecule has 0 spiro atoms. The average molecular weight is 343 g/mol. The maximum absolute atomic E-state index is 13.0. The van der Waals surface area contributed by atoms with Crippen LogP contribution in [0, 0.1) is 0 Å². The second-order valence-electron chi connectivity index (χ2n) is 5.07. The van der Waals surface area contributed by atoms with Crippen LogP contribution in [0.5, 0.6) is 0 Å². The van der Waals surface area contributed by atoms with Crippen molar-refractivity contribution in [2.45, 2.75) is 18.1 Å². The largest absolute Gasteiger partial charge is 0.264 e. The van der Waals surface area contributed by atoms with Crippen LogP contribution in [0.25, 0.3) is 10.9 Å². The highest BCUT2D eigenvalue weighted by Gasteiger charge is 2.44. The van der Waals surface area contributed by atoms with E-state index < -0.39 is 14.8 Å². The lowest BCUT2D eigenvalue weighted by molar-refractivity contribution is 0.552. The molecule has 2 heterocycles. The van der Waals surface area contributed by atoms with E-state index in [1.165, 1.54) is 16.2 Å². The Morgan fingerprint density at radius 1 is 1.33 bits per heavy atom. The minimum atomic E-state index is -3.73. The Labute approximate surface area is 132 Å². The number of rotatable bonds is 2. The zero-order valence-corrected chi connectivity index (χ0v) is 13.5. The van der Waals surface area contributed by atoms with E-state index in [0.29, 0.717) is 10.5 Å². The molecular weight excluding hydrogens is 331 g/mol. The zero-order valence-electron chi connectivity index (χ0n) is 11.1. The quantitative estimate of drug-likeness (QED) is 0.837. The summed E-state index contributed by atoms with van der Waals surface area (Å²) in [5, 5.41) is 1.43. The fraction of sp³-hybridized carbons (Fsp3) is 0.214. The molecule has 0 amide bonds. The predicted octanol–water partition coefficient (Wildman–Crippen LogP) is 3.62. The number of allylic oxidation sites excluding steroid dienone is 3. The second kappa shape index (κ2) is 4.87. The van der Waals surface area contributed by atoms with E-state index in [1.807, 2.05) is 0 Å². The number of nitrogens with zero attached hydrogens (tertiary/aromatic N) is 2. The molecule has 21 heavy (non-hydrogen) atoms. The Hall–Kier alpha value is -1.30. The number of hydrogen-bond acceptors (Lipinski definition) is 3. The number of hydrogen-bond donors (Lipinski definition) is 0. The number of fused-ring (bicyclic) bond motifs is 1. The minimum absolute atomic E-state index is 0.214. The summed E-state index contributed by atoms with van der Waals surface area (Å²) < 4.78 is 26.1. The summed E-state index contributed by atoms with van der Waals surface area (Å²) in [5.41, 5.74) is 0.580. The molecule has 0 radical (unpaired) electrons. The van der Waals surface area contributed by atoms with Crippen molar-refractivity contribution in [3.63, 3.8) is 0 Å². The summed E-state index contributed by atoms with van der Waals surface area (Å²) in [6.07, 6.45) is 8.09. The summed E-state index contributed by atoms with van der Waals surface area (Å²) in [4.78, 5) is 3.99. The molecule has 0 saturated heterocycles. The smallest absolute Gasteiger partial charge is 0.249 e. The number of pyridine rings is 1. The summed E-state index contributed by atoms with van der Waals surface area (Å²) in [5.74, 6) is 0. The maximum Gasteiger partial charge on any atom is 0.249 e. The van der Waals surface area contributed by atoms with Gasteiger partial charge in [0.15, 0.2) is 0 Å². The molecule has 1 aliphatic rings. The van der Waals surface area contributed by atoms with Crippen LogP contribution in [0.1, 0.15) is 13.3 Å². The van der Waals surface area contributed by atoms with Crippen LogP contribution in [-0.4, -0.2) is 22.1 Å². The van der Waals surface area contributed by atoms with Crippen molar-refractivity contribution in [2.75, 3.05) is 0 Å². The van der Waals surface area contributed by atoms with Gasteiger partial charge in [0, 0.05) is 34.0 Å². The highest BCUT2D eigenvalue weighted by atomic mass is 35.5. The van der Waals surface area contributed by atoms with Crippen molar-refractivity contribution < 1.29 is 8.42 Å². The van der Waals surface area contributed by atoms with Gasteiger partial charge in [-0.15, -0.1) is 0 Å². The van der Waals surface area contributed by atoms with Crippen molar-refractivity contribution in [3.8, 4) is 0 Å². The lowest BCUT2D eigenvalue weighted by atomic mass is 10.0. The van der Waals surface area contributed by atoms with Crippen molar-refractivity contribution in [2.24, 2.45) is 0 Å². The van der Waals surface area contributed by atoms with Crippen LogP contribution in [-0.2, 0) is 10.0 Å². The monoisotopic (exact) mass is 342 g/mol. The Bertz CT molecular complexity index is 883. The Morgan fingerprint density at radius 2 is 2.10 bits per heavy atom. The van der Waals surface area contributed by atoms with E-state index in [9.17, 15) is 8.42 Å². The topological polar surface area (TPSA) is 52.0 Å². The molecular formula is C14H12Cl2N2O2S. The summed E-state index contributed by atoms with van der Waals surface area (Å²) in [6.45, 7) is 1.61. The molecule has 1 aliphatic carbocycles. The summed E-state index contributed by atoms with van der Waals surface area (Å²) in [7, 11) is -3.73. The standard InChI is InChI=1S/C14H12Cl2N2O2S/c1-14(5-2-11(15)8-13(14)16)21(19,20)18-7-4-10-9-17-6-3-12(10)18/h2-4,6-9H,5H2,1H3. The van der Waals surface area contributed by atoms with Crippen LogP contribution >= 0.6 is 23.2 Å². The van der Waals surface area contributed by atoms with Crippen LogP contribution < -0.4 is 0 Å². The lowest BCUT2D eigenvalue weighted by Crippen LogP contribution is -2.40. The van der Waals surface area contributed by atoms with Gasteiger partial charge in [-0.05, 0) is 31.6 Å². The molecule has 0 aliphatic heterocycles. The van der Waals surface area contributed by atoms with E-state index >= 15 is 0 Å². The molecule has 3 rings (SSSR count). The fourth-order valence-corrected chi connectivity index (χ4v) is 4.74. The third-order valence-corrected chi connectivity index (χ3v) is 7.00. The van der Waals surface area contributed by atoms with E-state index in [2.05, 4.69) is 4.98 Å². The lowest BCUT2D eigenvalue weighted by Gasteiger charge is -2.30. The number of halogens is 2. The Morgan fingerprint density at radius 3 is 2.81 bits per heavy atom. The van der Waals surface area contributed by atoms with Crippen LogP contribution in [0.4, 0.5) is 0 Å². The molecule has 2 aromatic heterocycles. The first-order chi connectivity index (χ1) is 9.86. The third-order valence-electron chi connectivity index (χ3n) is 3.74. The highest BCUT2D eigenvalue weighted by Crippen LogP contribution is 2.40. The second-order valence-corrected chi connectivity index (χ2v) is 8.16. The Balaban J connectivity index is 2.20. The van der Waals surface area contributed by atoms with Crippen LogP contribution in [0.2, 0.25) is 0 Å². The average Bonchev–Trinajstić information content (AvgIpc) is 2.87. The van der Waals surface area contributed by atoms with Gasteiger partial charge in [0.25, 0.3) is 0 Å². The van der Waals surface area contributed by atoms with Gasteiger partial charge >= 0.3 is 0 Å². The van der Waals surface area contributed by atoms with E-state index in [4.69, 9.17) is 23.2 Å². The fourth-order valence-electron chi connectivity index (χ4n) is 2.33. The van der Waals surface area contributed by atoms with Crippen LogP contribution in [0.15, 0.2) is 52.9 Å². The van der Waals surface area contributed by atoms with Gasteiger partial charge in [-0.1, -0.05) is 29.3 Å². The molecule has 4 nitrogen and oxygen atoms in total. The van der Waals surface area contributed by atoms with Gasteiger partial charge in [0.1, 0.15) is 4.75 Å². The van der Waals surface area contributed by atoms with Crippen LogP contribution in [0.3, 0.4) is 0 Å². The van der Waals surface area contributed by atoms with Gasteiger partial charge in [0.05, 0.1) is 5.52 Å². The predicted molar refractivity (Wildman–Crippen MR) is 84.9 cm³/mol. The first-order valence-corrected chi connectivity index (χ1v) is 8.45. The van der Waals surface area contributed by atoms with Crippen molar-refractivity contribution >= 4 is 44.1 Å². The molecule has 0 bridgehead atoms. The molecule has 110 valence electrons. The molecule has 0 saturated carbocycles. The van der Waals surface area contributed by atoms with E-state index in [0.717, 1.165) is 5.39 Å². The first kappa shape index (κ1) is 14.6. The van der Waals surface area contributed by atoms with Crippen molar-refractivity contribution in [1.29, 1.82) is 0 Å². The van der Waals surface area contributed by atoms with Gasteiger partial charge in [0.2, 0.25) is 10.0 Å². The van der Waals surface area contributed by atoms with E-state index in [-0.39, 0.29) is 11.5 Å². The maximum atomic E-state index is 13.0. The van der Waals surface area contributed by atoms with Gasteiger partial charge in [-0.3, -0.25) is 4.98 Å². The van der Waals surface area contributed by atoms with Gasteiger partial charge in [-0.2, -0.15) is 0 Å². The SMILES string of the molecule is CC1(S(=O)(=O)n2ccc3cnccc32)CC=C(Cl)C=C1Cl. The van der Waals surface area contributed by atoms with Gasteiger partial charge < -0.3 is 0 Å². The van der Waals surface area contributed by atoms with E-state index in [1.54, 1.807) is 37.5 Å². The van der Waals surface area contributed by atoms with Crippen molar-refractivity contribution in [3.05, 3.63) is 52.9 Å². The highest BCUT2D eigenvalue weighted by molar-refractivity contribution is 7.91. The molecule has 7 heteroatoms. The molecule has 1 atom stereocenters. The molecule has 0 fully saturated rings. The molecule has 1 unspecified atom stereocenters. The first-order valence-electron chi connectivity index (χ1n) is 6.26.